The van der Waals surface area contributed by atoms with E-state index in [0.717, 1.165) is 11.1 Å². The second kappa shape index (κ2) is 8.49. The quantitative estimate of drug-likeness (QED) is 0.590. The molecule has 0 bridgehead atoms. The van der Waals surface area contributed by atoms with Gasteiger partial charge < -0.3 is 14.6 Å². The molecule has 0 radical (unpaired) electrons. The van der Waals surface area contributed by atoms with Gasteiger partial charge in [0.15, 0.2) is 11.5 Å². The fraction of sp³-hybridized carbons (Fsp3) is 0.300. The van der Waals surface area contributed by atoms with Crippen LogP contribution in [0, 0.1) is 6.92 Å². The Morgan fingerprint density at radius 3 is 2.65 bits per heavy atom. The van der Waals surface area contributed by atoms with E-state index in [4.69, 9.17) is 9.47 Å². The lowest BCUT2D eigenvalue weighted by molar-refractivity contribution is -0.136. The minimum Gasteiger partial charge on any atom is -0.493 e. The maximum absolute atomic E-state index is 11.6. The molecule has 2 aromatic carbocycles. The van der Waals surface area contributed by atoms with Crippen LogP contribution in [0.25, 0.3) is 0 Å². The van der Waals surface area contributed by atoms with Gasteiger partial charge in [0.05, 0.1) is 13.3 Å². The first-order chi connectivity index (χ1) is 12.3. The number of hydrogen-bond acceptors (Lipinski definition) is 5. The highest BCUT2D eigenvalue weighted by Crippen LogP contribution is 2.28. The van der Waals surface area contributed by atoms with Crippen molar-refractivity contribution in [2.75, 3.05) is 7.11 Å². The first kappa shape index (κ1) is 19.5. The van der Waals surface area contributed by atoms with Gasteiger partial charge in [-0.3, -0.25) is 4.79 Å². The normalized spacial score (nSPS) is 11.4. The van der Waals surface area contributed by atoms with Crippen molar-refractivity contribution in [3.63, 3.8) is 0 Å². The zero-order chi connectivity index (χ0) is 19.2. The SMILES string of the molecule is COc1ccc(/C=N/NC(=O)C(C)(C)O)cc1OCc1cccc(C)c1. The number of carbonyl (C=O) groups is 1. The molecule has 2 aromatic rings. The lowest BCUT2D eigenvalue weighted by Gasteiger charge is -2.14. The van der Waals surface area contributed by atoms with E-state index in [-0.39, 0.29) is 0 Å². The molecule has 0 aliphatic heterocycles. The van der Waals surface area contributed by atoms with Gasteiger partial charge in [0, 0.05) is 0 Å². The van der Waals surface area contributed by atoms with Gasteiger partial charge in [0.2, 0.25) is 0 Å². The van der Waals surface area contributed by atoms with E-state index in [1.165, 1.54) is 25.6 Å². The van der Waals surface area contributed by atoms with E-state index in [2.05, 4.69) is 16.6 Å². The van der Waals surface area contributed by atoms with Crippen LogP contribution in [-0.2, 0) is 11.4 Å². The molecule has 0 atom stereocenters. The summed E-state index contributed by atoms with van der Waals surface area (Å²) in [4.78, 5) is 11.6. The van der Waals surface area contributed by atoms with Crippen molar-refractivity contribution in [1.82, 2.24) is 5.43 Å². The van der Waals surface area contributed by atoms with Gasteiger partial charge in [-0.25, -0.2) is 5.43 Å². The molecule has 0 saturated carbocycles. The van der Waals surface area contributed by atoms with Crippen LogP contribution < -0.4 is 14.9 Å². The van der Waals surface area contributed by atoms with Crippen LogP contribution in [0.1, 0.15) is 30.5 Å². The lowest BCUT2D eigenvalue weighted by atomic mass is 10.1. The second-order valence-electron chi connectivity index (χ2n) is 6.45. The maximum atomic E-state index is 11.6. The molecule has 0 heterocycles. The number of methoxy groups -OCH3 is 1. The molecule has 0 fully saturated rings. The van der Waals surface area contributed by atoms with Crippen molar-refractivity contribution < 1.29 is 19.4 Å². The summed E-state index contributed by atoms with van der Waals surface area (Å²) in [5, 5.41) is 13.4. The van der Waals surface area contributed by atoms with Gasteiger partial charge in [0.25, 0.3) is 5.91 Å². The van der Waals surface area contributed by atoms with Crippen molar-refractivity contribution in [1.29, 1.82) is 0 Å². The number of rotatable bonds is 7. The topological polar surface area (TPSA) is 80.2 Å². The summed E-state index contributed by atoms with van der Waals surface area (Å²) in [6.07, 6.45) is 1.47. The van der Waals surface area contributed by atoms with Crippen LogP contribution in [0.15, 0.2) is 47.6 Å². The molecule has 1 amide bonds. The molecule has 26 heavy (non-hydrogen) atoms. The predicted octanol–water partition coefficient (Wildman–Crippen LogP) is 2.80. The zero-order valence-electron chi connectivity index (χ0n) is 15.4. The Hall–Kier alpha value is -2.86. The minimum atomic E-state index is -1.49. The molecule has 6 nitrogen and oxygen atoms in total. The van der Waals surface area contributed by atoms with Gasteiger partial charge in [-0.05, 0) is 50.1 Å². The standard InChI is InChI=1S/C20H24N2O4/c1-14-6-5-7-16(10-14)13-26-18-11-15(8-9-17(18)25-4)12-21-22-19(23)20(2,3)24/h5-12,24H,13H2,1-4H3,(H,22,23)/b21-12+. The van der Waals surface area contributed by atoms with Crippen molar-refractivity contribution >= 4 is 12.1 Å². The van der Waals surface area contributed by atoms with E-state index in [1.807, 2.05) is 25.1 Å². The number of ether oxygens (including phenoxy) is 2. The number of aliphatic hydroxyl groups is 1. The number of carbonyl (C=O) groups excluding carboxylic acids is 1. The van der Waals surface area contributed by atoms with Gasteiger partial charge in [-0.15, -0.1) is 0 Å². The van der Waals surface area contributed by atoms with Gasteiger partial charge in [0.1, 0.15) is 12.2 Å². The van der Waals surface area contributed by atoms with E-state index >= 15 is 0 Å². The average molecular weight is 356 g/mol. The monoisotopic (exact) mass is 356 g/mol. The molecule has 0 aliphatic rings. The Morgan fingerprint density at radius 1 is 1.23 bits per heavy atom. The van der Waals surface area contributed by atoms with Crippen molar-refractivity contribution in [3.8, 4) is 11.5 Å². The minimum absolute atomic E-state index is 0.411. The second-order valence-corrected chi connectivity index (χ2v) is 6.45. The molecular formula is C20H24N2O4. The smallest absolute Gasteiger partial charge is 0.271 e. The number of amides is 1. The maximum Gasteiger partial charge on any atom is 0.271 e. The molecule has 138 valence electrons. The van der Waals surface area contributed by atoms with Crippen molar-refractivity contribution in [2.45, 2.75) is 33.0 Å². The highest BCUT2D eigenvalue weighted by molar-refractivity contribution is 5.86. The molecule has 0 spiro atoms. The third kappa shape index (κ3) is 5.60. The number of nitrogens with zero attached hydrogens (tertiary/aromatic N) is 1. The van der Waals surface area contributed by atoms with Crippen molar-refractivity contribution in [2.24, 2.45) is 5.10 Å². The largest absolute Gasteiger partial charge is 0.493 e. The van der Waals surface area contributed by atoms with Crippen LogP contribution in [0.5, 0.6) is 11.5 Å². The molecular weight excluding hydrogens is 332 g/mol. The van der Waals surface area contributed by atoms with E-state index in [0.29, 0.717) is 18.1 Å². The zero-order valence-corrected chi connectivity index (χ0v) is 15.4. The molecule has 0 saturated heterocycles. The Kier molecular flexibility index (Phi) is 6.36. The number of nitrogens with one attached hydrogen (secondary N) is 1. The third-order valence-corrected chi connectivity index (χ3v) is 3.60. The number of aryl methyl sites for hydroxylation is 1. The summed E-state index contributed by atoms with van der Waals surface area (Å²) in [7, 11) is 1.58. The van der Waals surface area contributed by atoms with Crippen LogP contribution in [0.2, 0.25) is 0 Å². The fourth-order valence-corrected chi connectivity index (χ4v) is 2.15. The van der Waals surface area contributed by atoms with Crippen molar-refractivity contribution in [3.05, 3.63) is 59.2 Å². The van der Waals surface area contributed by atoms with Crippen LogP contribution in [0.4, 0.5) is 0 Å². The summed E-state index contributed by atoms with van der Waals surface area (Å²) in [5.41, 5.74) is 3.76. The Labute approximate surface area is 153 Å². The predicted molar refractivity (Wildman–Crippen MR) is 101 cm³/mol. The number of hydrogen-bond donors (Lipinski definition) is 2. The molecule has 2 rings (SSSR count). The molecule has 0 aliphatic carbocycles. The summed E-state index contributed by atoms with van der Waals surface area (Å²) < 4.78 is 11.2. The van der Waals surface area contributed by atoms with E-state index < -0.39 is 11.5 Å². The lowest BCUT2D eigenvalue weighted by Crippen LogP contribution is -2.39. The molecule has 0 aromatic heterocycles. The van der Waals surface area contributed by atoms with Gasteiger partial charge in [-0.2, -0.15) is 5.10 Å². The van der Waals surface area contributed by atoms with E-state index in [1.54, 1.807) is 25.3 Å². The number of benzene rings is 2. The Balaban J connectivity index is 2.08. The van der Waals surface area contributed by atoms with E-state index in [9.17, 15) is 9.90 Å². The third-order valence-electron chi connectivity index (χ3n) is 3.60. The summed E-state index contributed by atoms with van der Waals surface area (Å²) in [5.74, 6) is 0.597. The van der Waals surface area contributed by atoms with Gasteiger partial charge >= 0.3 is 0 Å². The van der Waals surface area contributed by atoms with Crippen LogP contribution in [0.3, 0.4) is 0 Å². The van der Waals surface area contributed by atoms with Crippen LogP contribution >= 0.6 is 0 Å². The summed E-state index contributed by atoms with van der Waals surface area (Å²) in [6, 6.07) is 13.4. The fourth-order valence-electron chi connectivity index (χ4n) is 2.15. The van der Waals surface area contributed by atoms with Gasteiger partial charge in [-0.1, -0.05) is 29.8 Å². The Bertz CT molecular complexity index is 795. The summed E-state index contributed by atoms with van der Waals surface area (Å²) in [6.45, 7) is 5.22. The molecule has 2 N–H and O–H groups in total. The van der Waals surface area contributed by atoms with Crippen LogP contribution in [-0.4, -0.2) is 29.9 Å². The highest BCUT2D eigenvalue weighted by Gasteiger charge is 2.22. The summed E-state index contributed by atoms with van der Waals surface area (Å²) >= 11 is 0. The average Bonchev–Trinajstić information content (AvgIpc) is 2.59. The molecule has 0 unspecified atom stereocenters. The Morgan fingerprint density at radius 2 is 2.00 bits per heavy atom. The highest BCUT2D eigenvalue weighted by atomic mass is 16.5. The number of hydrazone groups is 1. The molecule has 6 heteroatoms. The first-order valence-corrected chi connectivity index (χ1v) is 8.22. The first-order valence-electron chi connectivity index (χ1n) is 8.22.